The second-order valence-electron chi connectivity index (χ2n) is 7.56. The van der Waals surface area contributed by atoms with Gasteiger partial charge in [0.25, 0.3) is 0 Å². The first-order valence-electron chi connectivity index (χ1n) is 10.0. The summed E-state index contributed by atoms with van der Waals surface area (Å²) in [5, 5.41) is 20.3. The first-order valence-corrected chi connectivity index (χ1v) is 10.0. The number of carbonyl (C=O) groups excluding carboxylic acids is 1. The van der Waals surface area contributed by atoms with E-state index in [1.165, 1.54) is 24.4 Å². The van der Waals surface area contributed by atoms with Gasteiger partial charge in [0.15, 0.2) is 5.82 Å². The Hall–Kier alpha value is -3.99. The zero-order valence-corrected chi connectivity index (χ0v) is 17.4. The van der Waals surface area contributed by atoms with Gasteiger partial charge in [-0.2, -0.15) is 5.26 Å². The number of halogens is 2. The van der Waals surface area contributed by atoms with Crippen LogP contribution in [0.1, 0.15) is 11.1 Å². The molecule has 1 aliphatic heterocycles. The van der Waals surface area contributed by atoms with E-state index < -0.39 is 11.6 Å². The lowest BCUT2D eigenvalue weighted by Crippen LogP contribution is -2.48. The molecule has 0 aliphatic carbocycles. The summed E-state index contributed by atoms with van der Waals surface area (Å²) in [5.41, 5.74) is 0.878. The summed E-state index contributed by atoms with van der Waals surface area (Å²) in [4.78, 5) is 19.6. The van der Waals surface area contributed by atoms with Crippen molar-refractivity contribution >= 4 is 22.5 Å². The Morgan fingerprint density at radius 2 is 1.97 bits per heavy atom. The minimum atomic E-state index is -0.772. The number of nitriles is 1. The monoisotopic (exact) mass is 434 g/mol. The van der Waals surface area contributed by atoms with Gasteiger partial charge >= 0.3 is 0 Å². The van der Waals surface area contributed by atoms with Crippen LogP contribution in [0.3, 0.4) is 0 Å². The van der Waals surface area contributed by atoms with Crippen molar-refractivity contribution in [2.24, 2.45) is 0 Å². The third-order valence-electron chi connectivity index (χ3n) is 5.71. The molecular formula is C24H20F2N4O2. The SMILES string of the molecule is C=CC(=O)N1CCN(c2c(C#N)cnc3c(F)c(-c4c(O)cccc4F)c(C)cc23)CC1. The molecule has 1 amide bonds. The molecule has 0 unspecified atom stereocenters. The van der Waals surface area contributed by atoms with E-state index in [1.54, 1.807) is 17.9 Å². The van der Waals surface area contributed by atoms with Gasteiger partial charge in [0.2, 0.25) is 5.91 Å². The van der Waals surface area contributed by atoms with Crippen LogP contribution in [0.5, 0.6) is 5.75 Å². The highest BCUT2D eigenvalue weighted by Gasteiger charge is 2.26. The number of benzene rings is 2. The molecule has 162 valence electrons. The summed E-state index contributed by atoms with van der Waals surface area (Å²) in [5.74, 6) is -2.06. The number of hydrogen-bond donors (Lipinski definition) is 1. The fourth-order valence-electron chi connectivity index (χ4n) is 4.18. The van der Waals surface area contributed by atoms with Crippen LogP contribution in [0, 0.1) is 29.9 Å². The molecule has 32 heavy (non-hydrogen) atoms. The summed E-state index contributed by atoms with van der Waals surface area (Å²) >= 11 is 0. The van der Waals surface area contributed by atoms with Gasteiger partial charge in [0, 0.05) is 43.3 Å². The predicted octanol–water partition coefficient (Wildman–Crippen LogP) is 3.90. The molecule has 2 heterocycles. The number of aromatic hydroxyl groups is 1. The molecule has 0 saturated carbocycles. The van der Waals surface area contributed by atoms with Gasteiger partial charge in [-0.25, -0.2) is 8.78 Å². The molecule has 1 N–H and O–H groups in total. The van der Waals surface area contributed by atoms with E-state index in [0.717, 1.165) is 6.07 Å². The Bertz CT molecular complexity index is 1270. The van der Waals surface area contributed by atoms with Crippen molar-refractivity contribution in [3.8, 4) is 22.9 Å². The number of piperazine rings is 1. The maximum Gasteiger partial charge on any atom is 0.246 e. The Morgan fingerprint density at radius 1 is 1.25 bits per heavy atom. The number of phenols is 1. The highest BCUT2D eigenvalue weighted by molar-refractivity contribution is 5.99. The molecule has 8 heteroatoms. The third-order valence-corrected chi connectivity index (χ3v) is 5.71. The quantitative estimate of drug-likeness (QED) is 0.633. The molecule has 4 rings (SSSR count). The summed E-state index contributed by atoms with van der Waals surface area (Å²) < 4.78 is 30.1. The van der Waals surface area contributed by atoms with E-state index in [2.05, 4.69) is 17.6 Å². The average molecular weight is 434 g/mol. The number of aryl methyl sites for hydroxylation is 1. The molecule has 0 radical (unpaired) electrons. The minimum Gasteiger partial charge on any atom is -0.507 e. The predicted molar refractivity (Wildman–Crippen MR) is 117 cm³/mol. The van der Waals surface area contributed by atoms with Crippen molar-refractivity contribution in [1.29, 1.82) is 5.26 Å². The molecule has 0 atom stereocenters. The molecule has 2 aromatic carbocycles. The summed E-state index contributed by atoms with van der Waals surface area (Å²) in [6.07, 6.45) is 2.55. The van der Waals surface area contributed by atoms with Gasteiger partial charge in [-0.15, -0.1) is 0 Å². The highest BCUT2D eigenvalue weighted by atomic mass is 19.1. The Morgan fingerprint density at radius 3 is 2.59 bits per heavy atom. The zero-order chi connectivity index (χ0) is 23.0. The van der Waals surface area contributed by atoms with Crippen molar-refractivity contribution in [2.75, 3.05) is 31.1 Å². The number of phenolic OH excluding ortho intramolecular Hbond substituents is 1. The van der Waals surface area contributed by atoms with Gasteiger partial charge in [0.1, 0.15) is 23.2 Å². The molecule has 6 nitrogen and oxygen atoms in total. The number of amides is 1. The average Bonchev–Trinajstić information content (AvgIpc) is 2.79. The molecule has 3 aromatic rings. The van der Waals surface area contributed by atoms with Crippen LogP contribution in [-0.2, 0) is 4.79 Å². The van der Waals surface area contributed by atoms with E-state index >= 15 is 4.39 Å². The van der Waals surface area contributed by atoms with Crippen molar-refractivity contribution in [2.45, 2.75) is 6.92 Å². The van der Waals surface area contributed by atoms with Crippen molar-refractivity contribution < 1.29 is 18.7 Å². The summed E-state index contributed by atoms with van der Waals surface area (Å²) in [6.45, 7) is 6.88. The maximum atomic E-state index is 15.7. The molecule has 1 aromatic heterocycles. The number of fused-ring (bicyclic) bond motifs is 1. The van der Waals surface area contributed by atoms with Crippen LogP contribution in [-0.4, -0.2) is 47.1 Å². The van der Waals surface area contributed by atoms with Gasteiger partial charge in [-0.1, -0.05) is 12.6 Å². The number of anilines is 1. The number of carbonyl (C=O) groups is 1. The third kappa shape index (κ3) is 3.42. The lowest BCUT2D eigenvalue weighted by molar-refractivity contribution is -0.126. The first kappa shape index (κ1) is 21.2. The van der Waals surface area contributed by atoms with E-state index in [1.807, 2.05) is 4.90 Å². The topological polar surface area (TPSA) is 80.5 Å². The van der Waals surface area contributed by atoms with Crippen molar-refractivity contribution in [3.05, 3.63) is 65.9 Å². The first-order chi connectivity index (χ1) is 15.4. The smallest absolute Gasteiger partial charge is 0.246 e. The van der Waals surface area contributed by atoms with Crippen LogP contribution in [0.2, 0.25) is 0 Å². The second kappa shape index (κ2) is 8.27. The van der Waals surface area contributed by atoms with Crippen molar-refractivity contribution in [1.82, 2.24) is 9.88 Å². The van der Waals surface area contributed by atoms with E-state index in [9.17, 15) is 19.6 Å². The Balaban J connectivity index is 1.88. The minimum absolute atomic E-state index is 0.0214. The van der Waals surface area contributed by atoms with Crippen molar-refractivity contribution in [3.63, 3.8) is 0 Å². The van der Waals surface area contributed by atoms with Gasteiger partial charge in [-0.3, -0.25) is 9.78 Å². The lowest BCUT2D eigenvalue weighted by atomic mass is 9.94. The molecule has 0 spiro atoms. The number of aromatic nitrogens is 1. The number of pyridine rings is 1. The largest absolute Gasteiger partial charge is 0.507 e. The summed E-state index contributed by atoms with van der Waals surface area (Å²) in [6, 6.07) is 7.56. The Kier molecular flexibility index (Phi) is 5.49. The summed E-state index contributed by atoms with van der Waals surface area (Å²) in [7, 11) is 0. The number of rotatable bonds is 3. The van der Waals surface area contributed by atoms with Gasteiger partial charge in [0.05, 0.1) is 16.8 Å². The van der Waals surface area contributed by atoms with Crippen LogP contribution in [0.4, 0.5) is 14.5 Å². The van der Waals surface area contributed by atoms with E-state index in [0.29, 0.717) is 42.8 Å². The van der Waals surface area contributed by atoms with Crippen LogP contribution in [0.25, 0.3) is 22.0 Å². The van der Waals surface area contributed by atoms with E-state index in [4.69, 9.17) is 0 Å². The van der Waals surface area contributed by atoms with Crippen LogP contribution >= 0.6 is 0 Å². The lowest BCUT2D eigenvalue weighted by Gasteiger charge is -2.36. The van der Waals surface area contributed by atoms with E-state index in [-0.39, 0.29) is 33.9 Å². The molecule has 0 bridgehead atoms. The second-order valence-corrected chi connectivity index (χ2v) is 7.56. The standard InChI is InChI=1S/C24H20F2N4O2/c1-3-19(32)29-7-9-30(10-8-29)24-15(12-27)13-28-23-16(24)11-14(2)20(22(23)26)21-17(25)5-4-6-18(21)31/h3-6,11,13,31H,1,7-10H2,2H3. The van der Waals surface area contributed by atoms with Crippen LogP contribution in [0.15, 0.2) is 43.1 Å². The van der Waals surface area contributed by atoms with Gasteiger partial charge in [-0.05, 0) is 36.8 Å². The molecule has 1 fully saturated rings. The molecular weight excluding hydrogens is 414 g/mol. The molecule has 1 saturated heterocycles. The maximum absolute atomic E-state index is 15.7. The number of nitrogens with zero attached hydrogens (tertiary/aromatic N) is 4. The highest BCUT2D eigenvalue weighted by Crippen LogP contribution is 2.41. The fraction of sp³-hybridized carbons (Fsp3) is 0.208. The normalized spacial score (nSPS) is 13.8. The number of hydrogen-bond acceptors (Lipinski definition) is 5. The van der Waals surface area contributed by atoms with Crippen LogP contribution < -0.4 is 4.90 Å². The Labute approximate surface area is 183 Å². The fourth-order valence-corrected chi connectivity index (χ4v) is 4.18. The van der Waals surface area contributed by atoms with Gasteiger partial charge < -0.3 is 14.9 Å². The zero-order valence-electron chi connectivity index (χ0n) is 17.4. The molecule has 1 aliphatic rings.